The number of nitrogens with one attached hydrogen (secondary N) is 1. The molecule has 0 aliphatic heterocycles. The summed E-state index contributed by atoms with van der Waals surface area (Å²) < 4.78 is 17.9. The predicted octanol–water partition coefficient (Wildman–Crippen LogP) is 6.70. The van der Waals surface area contributed by atoms with Crippen molar-refractivity contribution in [3.8, 4) is 17.2 Å². The molecule has 6 heteroatoms. The third-order valence-corrected chi connectivity index (χ3v) is 5.05. The smallest absolute Gasteiger partial charge is 0.175 e. The summed E-state index contributed by atoms with van der Waals surface area (Å²) in [6, 6.07) is 19.5. The van der Waals surface area contributed by atoms with Crippen LogP contribution in [0.3, 0.4) is 0 Å². The first-order valence-electron chi connectivity index (χ1n) is 9.29. The molecule has 0 atom stereocenters. The molecule has 0 spiro atoms. The Hall–Kier alpha value is -2.37. The van der Waals surface area contributed by atoms with Crippen molar-refractivity contribution in [2.75, 3.05) is 19.0 Å². The van der Waals surface area contributed by atoms with Gasteiger partial charge in [-0.15, -0.1) is 0 Å². The fourth-order valence-corrected chi connectivity index (χ4v) is 3.64. The van der Waals surface area contributed by atoms with E-state index in [1.165, 1.54) is 0 Å². The van der Waals surface area contributed by atoms with Gasteiger partial charge in [0.15, 0.2) is 11.5 Å². The number of methoxy groups -OCH3 is 1. The summed E-state index contributed by atoms with van der Waals surface area (Å²) >= 11 is 9.68. The maximum absolute atomic E-state index is 6.06. The molecule has 0 fully saturated rings. The minimum absolute atomic E-state index is 0.405. The molecule has 0 radical (unpaired) electrons. The molecule has 0 aliphatic carbocycles. The van der Waals surface area contributed by atoms with Crippen LogP contribution in [0.4, 0.5) is 5.69 Å². The van der Waals surface area contributed by atoms with Gasteiger partial charge in [0.2, 0.25) is 0 Å². The quantitative estimate of drug-likeness (QED) is 0.373. The fraction of sp³-hybridized carbons (Fsp3) is 0.217. The molecule has 3 aromatic rings. The van der Waals surface area contributed by atoms with E-state index < -0.39 is 0 Å². The average molecular weight is 477 g/mol. The molecule has 0 aliphatic rings. The second kappa shape index (κ2) is 10.4. The van der Waals surface area contributed by atoms with E-state index in [0.717, 1.165) is 27.0 Å². The van der Waals surface area contributed by atoms with E-state index in [0.29, 0.717) is 36.3 Å². The zero-order valence-electron chi connectivity index (χ0n) is 16.4. The maximum Gasteiger partial charge on any atom is 0.175 e. The zero-order chi connectivity index (χ0) is 20.6. The number of ether oxygens (including phenoxy) is 3. The van der Waals surface area contributed by atoms with Crippen LogP contribution in [0.1, 0.15) is 18.1 Å². The predicted molar refractivity (Wildman–Crippen MR) is 121 cm³/mol. The third-order valence-electron chi connectivity index (χ3n) is 4.23. The summed E-state index contributed by atoms with van der Waals surface area (Å²) in [5.41, 5.74) is 3.09. The first-order valence-corrected chi connectivity index (χ1v) is 10.5. The molecule has 0 amide bonds. The lowest BCUT2D eigenvalue weighted by molar-refractivity contribution is 0.267. The number of halogens is 2. The molecule has 4 nitrogen and oxygen atoms in total. The lowest BCUT2D eigenvalue weighted by Gasteiger charge is -2.16. The van der Waals surface area contributed by atoms with Gasteiger partial charge in [0.25, 0.3) is 0 Å². The SMILES string of the molecule is CCOc1cc(CNc2ccc(OC)cc2)cc(Br)c1OCc1cccc(Cl)c1. The largest absolute Gasteiger partial charge is 0.497 e. The second-order valence-corrected chi connectivity index (χ2v) is 7.63. The highest BCUT2D eigenvalue weighted by atomic mass is 79.9. The number of rotatable bonds is 9. The normalized spacial score (nSPS) is 10.5. The van der Waals surface area contributed by atoms with E-state index in [1.807, 2.05) is 67.6 Å². The summed E-state index contributed by atoms with van der Waals surface area (Å²) in [6.45, 7) is 3.56. The molecule has 0 unspecified atom stereocenters. The van der Waals surface area contributed by atoms with Gasteiger partial charge in [-0.2, -0.15) is 0 Å². The van der Waals surface area contributed by atoms with Crippen molar-refractivity contribution < 1.29 is 14.2 Å². The molecule has 1 N–H and O–H groups in total. The molecule has 0 saturated carbocycles. The molecule has 0 aromatic heterocycles. The highest BCUT2D eigenvalue weighted by Gasteiger charge is 2.13. The third kappa shape index (κ3) is 6.05. The molecule has 0 bridgehead atoms. The maximum atomic E-state index is 6.06. The Morgan fingerprint density at radius 3 is 2.45 bits per heavy atom. The van der Waals surface area contributed by atoms with Gasteiger partial charge in [-0.3, -0.25) is 0 Å². The molecule has 3 rings (SSSR count). The number of hydrogen-bond donors (Lipinski definition) is 1. The minimum atomic E-state index is 0.405. The van der Waals surface area contributed by atoms with Crippen LogP contribution in [-0.4, -0.2) is 13.7 Å². The molecule has 0 heterocycles. The Balaban J connectivity index is 1.72. The van der Waals surface area contributed by atoms with Crippen molar-refractivity contribution in [1.29, 1.82) is 0 Å². The van der Waals surface area contributed by atoms with Gasteiger partial charge in [-0.1, -0.05) is 23.7 Å². The zero-order valence-corrected chi connectivity index (χ0v) is 18.7. The van der Waals surface area contributed by atoms with Gasteiger partial charge in [0.05, 0.1) is 18.2 Å². The van der Waals surface area contributed by atoms with Crippen LogP contribution in [0, 0.1) is 0 Å². The van der Waals surface area contributed by atoms with Crippen molar-refractivity contribution in [3.63, 3.8) is 0 Å². The van der Waals surface area contributed by atoms with Crippen molar-refractivity contribution in [2.24, 2.45) is 0 Å². The van der Waals surface area contributed by atoms with Crippen LogP contribution >= 0.6 is 27.5 Å². The summed E-state index contributed by atoms with van der Waals surface area (Å²) in [7, 11) is 1.66. The van der Waals surface area contributed by atoms with Crippen LogP contribution < -0.4 is 19.5 Å². The van der Waals surface area contributed by atoms with E-state index in [2.05, 4.69) is 21.2 Å². The van der Waals surface area contributed by atoms with Crippen LogP contribution in [0.5, 0.6) is 17.2 Å². The van der Waals surface area contributed by atoms with Crippen molar-refractivity contribution in [3.05, 3.63) is 81.3 Å². The molecule has 3 aromatic carbocycles. The number of benzene rings is 3. The van der Waals surface area contributed by atoms with Crippen molar-refractivity contribution in [1.82, 2.24) is 0 Å². The van der Waals surface area contributed by atoms with E-state index in [1.54, 1.807) is 7.11 Å². The van der Waals surface area contributed by atoms with Crippen LogP contribution in [0.15, 0.2) is 65.1 Å². The standard InChI is InChI=1S/C23H23BrClNO3/c1-3-28-22-13-17(14-26-19-7-9-20(27-2)10-8-19)12-21(24)23(22)29-15-16-5-4-6-18(25)11-16/h4-13,26H,3,14-15H2,1-2H3. The Morgan fingerprint density at radius 1 is 0.966 bits per heavy atom. The van der Waals surface area contributed by atoms with Gasteiger partial charge in [-0.25, -0.2) is 0 Å². The Bertz CT molecular complexity index is 947. The van der Waals surface area contributed by atoms with Gasteiger partial charge < -0.3 is 19.5 Å². The van der Waals surface area contributed by atoms with Gasteiger partial charge in [0, 0.05) is 17.3 Å². The average Bonchev–Trinajstić information content (AvgIpc) is 2.72. The van der Waals surface area contributed by atoms with Crippen LogP contribution in [0.2, 0.25) is 5.02 Å². The summed E-state index contributed by atoms with van der Waals surface area (Å²) in [5, 5.41) is 4.09. The van der Waals surface area contributed by atoms with Crippen LogP contribution in [-0.2, 0) is 13.2 Å². The number of anilines is 1. The van der Waals surface area contributed by atoms with Gasteiger partial charge in [0.1, 0.15) is 12.4 Å². The van der Waals surface area contributed by atoms with Crippen molar-refractivity contribution in [2.45, 2.75) is 20.1 Å². The highest BCUT2D eigenvalue weighted by Crippen LogP contribution is 2.37. The molecular formula is C23H23BrClNO3. The molecule has 0 saturated heterocycles. The monoisotopic (exact) mass is 475 g/mol. The first-order chi connectivity index (χ1) is 14.1. The van der Waals surface area contributed by atoms with E-state index in [9.17, 15) is 0 Å². The summed E-state index contributed by atoms with van der Waals surface area (Å²) in [5.74, 6) is 2.22. The van der Waals surface area contributed by atoms with Gasteiger partial charge in [-0.05, 0) is 82.5 Å². The molecular weight excluding hydrogens is 454 g/mol. The minimum Gasteiger partial charge on any atom is -0.497 e. The Morgan fingerprint density at radius 2 is 1.76 bits per heavy atom. The van der Waals surface area contributed by atoms with E-state index >= 15 is 0 Å². The van der Waals surface area contributed by atoms with Gasteiger partial charge >= 0.3 is 0 Å². The molecule has 29 heavy (non-hydrogen) atoms. The Kier molecular flexibility index (Phi) is 7.67. The summed E-state index contributed by atoms with van der Waals surface area (Å²) in [4.78, 5) is 0. The van der Waals surface area contributed by atoms with Crippen LogP contribution in [0.25, 0.3) is 0 Å². The van der Waals surface area contributed by atoms with Crippen molar-refractivity contribution >= 4 is 33.2 Å². The molecule has 152 valence electrons. The Labute approximate surface area is 184 Å². The summed E-state index contributed by atoms with van der Waals surface area (Å²) in [6.07, 6.45) is 0. The second-order valence-electron chi connectivity index (χ2n) is 6.34. The van der Waals surface area contributed by atoms with E-state index in [-0.39, 0.29) is 0 Å². The lowest BCUT2D eigenvalue weighted by Crippen LogP contribution is -2.04. The fourth-order valence-electron chi connectivity index (χ4n) is 2.82. The lowest BCUT2D eigenvalue weighted by atomic mass is 10.2. The topological polar surface area (TPSA) is 39.7 Å². The first kappa shape index (κ1) is 21.3. The van der Waals surface area contributed by atoms with E-state index in [4.69, 9.17) is 25.8 Å². The highest BCUT2D eigenvalue weighted by molar-refractivity contribution is 9.10. The number of hydrogen-bond acceptors (Lipinski definition) is 4.